The topological polar surface area (TPSA) is 101 Å². The van der Waals surface area contributed by atoms with Crippen LogP contribution in [-0.2, 0) is 11.2 Å². The summed E-state index contributed by atoms with van der Waals surface area (Å²) >= 11 is 0. The number of nitrogens with one attached hydrogen (secondary N) is 1. The van der Waals surface area contributed by atoms with Crippen LogP contribution in [0.3, 0.4) is 0 Å². The van der Waals surface area contributed by atoms with Gasteiger partial charge in [0.15, 0.2) is 5.71 Å². The third-order valence-electron chi connectivity index (χ3n) is 7.01. The Balaban J connectivity index is 1.49. The third-order valence-corrected chi connectivity index (χ3v) is 7.01. The van der Waals surface area contributed by atoms with Gasteiger partial charge in [-0.15, -0.1) is 0 Å². The van der Waals surface area contributed by atoms with Gasteiger partial charge in [-0.3, -0.25) is 19.6 Å². The number of halogens is 6. The van der Waals surface area contributed by atoms with Crippen LogP contribution in [-0.4, -0.2) is 46.3 Å². The first-order valence-electron chi connectivity index (χ1n) is 13.0. The lowest BCUT2D eigenvalue weighted by atomic mass is 9.91. The van der Waals surface area contributed by atoms with Crippen molar-refractivity contribution in [2.45, 2.75) is 24.7 Å². The van der Waals surface area contributed by atoms with E-state index in [1.165, 1.54) is 36.6 Å². The van der Waals surface area contributed by atoms with E-state index in [2.05, 4.69) is 15.4 Å². The van der Waals surface area contributed by atoms with Gasteiger partial charge >= 0.3 is 6.18 Å². The second kappa shape index (κ2) is 11.7. The molecule has 0 saturated heterocycles. The predicted octanol–water partition coefficient (Wildman–Crippen LogP) is 5.01. The van der Waals surface area contributed by atoms with Gasteiger partial charge in [-0.1, -0.05) is 36.4 Å². The van der Waals surface area contributed by atoms with E-state index in [0.29, 0.717) is 17.2 Å². The summed E-state index contributed by atoms with van der Waals surface area (Å²) in [5.74, 6) is -5.43. The molecule has 0 fully saturated rings. The molecule has 3 N–H and O–H groups in total. The molecule has 1 aliphatic heterocycles. The molecule has 2 aliphatic rings. The van der Waals surface area contributed by atoms with Crippen LogP contribution in [0.1, 0.15) is 27.7 Å². The van der Waals surface area contributed by atoms with Gasteiger partial charge in [0.25, 0.3) is 5.91 Å². The van der Waals surface area contributed by atoms with Crippen molar-refractivity contribution in [2.24, 2.45) is 16.8 Å². The number of hydrogen-bond donors (Lipinski definition) is 2. The Labute approximate surface area is 241 Å². The number of nitrogens with two attached hydrogens (primary N) is 1. The van der Waals surface area contributed by atoms with Crippen LogP contribution in [0.5, 0.6) is 0 Å². The molecule has 7 nitrogen and oxygen atoms in total. The molecule has 2 heterocycles. The van der Waals surface area contributed by atoms with E-state index in [4.69, 9.17) is 5.73 Å². The summed E-state index contributed by atoms with van der Waals surface area (Å²) in [6.07, 6.45) is 2.41. The number of alkyl halides is 3. The number of fused-ring (bicyclic) bond motifs is 1. The molecule has 2 aromatic carbocycles. The van der Waals surface area contributed by atoms with Crippen LogP contribution in [0.15, 0.2) is 84.1 Å². The molecule has 3 aromatic rings. The highest BCUT2D eigenvalue weighted by Crippen LogP contribution is 2.35. The van der Waals surface area contributed by atoms with Crippen LogP contribution in [0.2, 0.25) is 0 Å². The van der Waals surface area contributed by atoms with Gasteiger partial charge in [0, 0.05) is 17.8 Å². The van der Waals surface area contributed by atoms with Crippen LogP contribution in [0, 0.1) is 23.4 Å². The molecular formula is C30H23F6N5O2. The van der Waals surface area contributed by atoms with Gasteiger partial charge in [0.1, 0.15) is 24.0 Å². The number of primary amides is 1. The SMILES string of the molecule is NC(=O)c1cc(-c2cccnc2[C@H](Cc2cc(F)cc(F)c2)NC(=O)CN2N=C(C(F)(F)F)C3C=CC=CC32)ccc1F. The highest BCUT2D eigenvalue weighted by molar-refractivity contribution is 5.96. The Kier molecular flexibility index (Phi) is 8.07. The van der Waals surface area contributed by atoms with Crippen molar-refractivity contribution >= 4 is 17.5 Å². The molecule has 0 radical (unpaired) electrons. The average molecular weight is 600 g/mol. The first-order chi connectivity index (χ1) is 20.4. The number of carbonyl (C=O) groups excluding carboxylic acids is 2. The fraction of sp³-hybridized carbons (Fsp3) is 0.200. The van der Waals surface area contributed by atoms with Crippen LogP contribution in [0.4, 0.5) is 26.3 Å². The standard InChI is InChI=1S/C30H23F6N5O2/c31-18-10-16(11-19(32)14-18)12-24(27-20(5-3-9-38-27)17-7-8-23(33)22(13-17)29(37)43)39-26(42)15-41-25-6-2-1-4-21(25)28(40-41)30(34,35)36/h1-11,13-14,21,24-25H,12,15H2,(H2,37,43)(H,39,42)/t21?,24-,25?/m0/s1. The summed E-state index contributed by atoms with van der Waals surface area (Å²) in [7, 11) is 0. The summed E-state index contributed by atoms with van der Waals surface area (Å²) in [6.45, 7) is -0.572. The largest absolute Gasteiger partial charge is 0.431 e. The molecule has 1 aromatic heterocycles. The molecule has 1 aliphatic carbocycles. The van der Waals surface area contributed by atoms with Gasteiger partial charge in [-0.2, -0.15) is 18.3 Å². The first kappa shape index (κ1) is 29.5. The van der Waals surface area contributed by atoms with E-state index < -0.39 is 71.3 Å². The fourth-order valence-electron chi connectivity index (χ4n) is 5.18. The number of amides is 2. The summed E-state index contributed by atoms with van der Waals surface area (Å²) < 4.78 is 83.3. The number of rotatable bonds is 8. The third kappa shape index (κ3) is 6.45. The van der Waals surface area contributed by atoms with Crippen LogP contribution < -0.4 is 11.1 Å². The number of allylic oxidation sites excluding steroid dienone is 2. The van der Waals surface area contributed by atoms with E-state index in [1.54, 1.807) is 18.2 Å². The summed E-state index contributed by atoms with van der Waals surface area (Å²) in [4.78, 5) is 29.5. The van der Waals surface area contributed by atoms with Crippen molar-refractivity contribution in [3.05, 3.63) is 113 Å². The highest BCUT2D eigenvalue weighted by atomic mass is 19.4. The second-order valence-electron chi connectivity index (χ2n) is 9.96. The minimum Gasteiger partial charge on any atom is -0.366 e. The predicted molar refractivity (Wildman–Crippen MR) is 145 cm³/mol. The van der Waals surface area contributed by atoms with E-state index in [-0.39, 0.29) is 17.7 Å². The van der Waals surface area contributed by atoms with Crippen molar-refractivity contribution in [2.75, 3.05) is 6.54 Å². The second-order valence-corrected chi connectivity index (χ2v) is 9.96. The van der Waals surface area contributed by atoms with Crippen molar-refractivity contribution in [3.8, 4) is 11.1 Å². The van der Waals surface area contributed by atoms with Crippen molar-refractivity contribution < 1.29 is 35.9 Å². The number of aromatic nitrogens is 1. The monoisotopic (exact) mass is 599 g/mol. The van der Waals surface area contributed by atoms with Gasteiger partial charge in [0.2, 0.25) is 5.91 Å². The lowest BCUT2D eigenvalue weighted by Gasteiger charge is -2.27. The molecule has 2 amide bonds. The molecule has 0 spiro atoms. The summed E-state index contributed by atoms with van der Waals surface area (Å²) in [5.41, 5.74) is 4.85. The molecule has 0 bridgehead atoms. The first-order valence-corrected chi connectivity index (χ1v) is 13.0. The minimum atomic E-state index is -4.71. The fourth-order valence-corrected chi connectivity index (χ4v) is 5.18. The smallest absolute Gasteiger partial charge is 0.366 e. The number of hydrogen-bond acceptors (Lipinski definition) is 5. The molecule has 0 saturated carbocycles. The molecule has 2 unspecified atom stereocenters. The number of benzene rings is 2. The minimum absolute atomic E-state index is 0.148. The van der Waals surface area contributed by atoms with E-state index in [1.807, 2.05) is 0 Å². The molecular weight excluding hydrogens is 576 g/mol. The van der Waals surface area contributed by atoms with Crippen LogP contribution >= 0.6 is 0 Å². The maximum Gasteiger partial charge on any atom is 0.431 e. The average Bonchev–Trinajstić information content (AvgIpc) is 3.31. The zero-order valence-corrected chi connectivity index (χ0v) is 22.2. The quantitative estimate of drug-likeness (QED) is 0.356. The van der Waals surface area contributed by atoms with Gasteiger partial charge in [-0.05, 0) is 47.9 Å². The Morgan fingerprint density at radius 3 is 2.42 bits per heavy atom. The van der Waals surface area contributed by atoms with Crippen LogP contribution in [0.25, 0.3) is 11.1 Å². The molecule has 222 valence electrons. The Morgan fingerprint density at radius 1 is 1.00 bits per heavy atom. The van der Waals surface area contributed by atoms with E-state index in [9.17, 15) is 35.9 Å². The van der Waals surface area contributed by atoms with Gasteiger partial charge in [0.05, 0.1) is 29.3 Å². The van der Waals surface area contributed by atoms with Crippen molar-refractivity contribution in [3.63, 3.8) is 0 Å². The number of nitrogens with zero attached hydrogens (tertiary/aromatic N) is 3. The van der Waals surface area contributed by atoms with Crippen molar-refractivity contribution in [1.29, 1.82) is 0 Å². The van der Waals surface area contributed by atoms with Gasteiger partial charge < -0.3 is 11.1 Å². The number of hydrazone groups is 1. The molecule has 3 atom stereocenters. The van der Waals surface area contributed by atoms with Crippen molar-refractivity contribution in [1.82, 2.24) is 15.3 Å². The lowest BCUT2D eigenvalue weighted by Crippen LogP contribution is -2.42. The Hall–Kier alpha value is -4.94. The van der Waals surface area contributed by atoms with Gasteiger partial charge in [-0.25, -0.2) is 13.2 Å². The molecule has 13 heteroatoms. The maximum absolute atomic E-state index is 14.2. The number of pyridine rings is 1. The van der Waals surface area contributed by atoms with E-state index >= 15 is 0 Å². The maximum atomic E-state index is 14.2. The molecule has 43 heavy (non-hydrogen) atoms. The normalized spacial score (nSPS) is 18.3. The summed E-state index contributed by atoms with van der Waals surface area (Å²) in [5, 5.41) is 7.44. The highest BCUT2D eigenvalue weighted by Gasteiger charge is 2.49. The Bertz CT molecular complexity index is 1650. The summed E-state index contributed by atoms with van der Waals surface area (Å²) in [6, 6.07) is 7.63. The van der Waals surface area contributed by atoms with E-state index in [0.717, 1.165) is 23.2 Å². The lowest BCUT2D eigenvalue weighted by molar-refractivity contribution is -0.123. The zero-order valence-electron chi connectivity index (χ0n) is 22.2. The number of carbonyl (C=O) groups is 2. The Morgan fingerprint density at radius 2 is 1.72 bits per heavy atom. The zero-order chi connectivity index (χ0) is 30.9. The molecule has 5 rings (SSSR count).